The number of aliphatic hydroxyl groups excluding tert-OH is 1. The van der Waals surface area contributed by atoms with Gasteiger partial charge in [-0.3, -0.25) is 0 Å². The Kier molecular flexibility index (Phi) is 4.54. The van der Waals surface area contributed by atoms with E-state index in [9.17, 15) is 5.11 Å². The molecule has 1 aliphatic rings. The summed E-state index contributed by atoms with van der Waals surface area (Å²) < 4.78 is 0. The molecule has 7 heteroatoms. The van der Waals surface area contributed by atoms with Crippen LogP contribution in [-0.4, -0.2) is 32.7 Å². The Morgan fingerprint density at radius 2 is 2.18 bits per heavy atom. The third-order valence-electron chi connectivity index (χ3n) is 3.87. The fraction of sp³-hybridized carbons (Fsp3) is 0.533. The number of thiazole rings is 1. The van der Waals surface area contributed by atoms with E-state index in [1.54, 1.807) is 0 Å². The molecule has 1 aliphatic carbocycles. The average Bonchev–Trinajstić information content (AvgIpc) is 2.85. The van der Waals surface area contributed by atoms with Gasteiger partial charge in [-0.05, 0) is 32.6 Å². The van der Waals surface area contributed by atoms with E-state index in [1.165, 1.54) is 11.3 Å². The summed E-state index contributed by atoms with van der Waals surface area (Å²) in [7, 11) is 0. The van der Waals surface area contributed by atoms with Gasteiger partial charge in [0.05, 0.1) is 11.8 Å². The Balaban J connectivity index is 1.51. The lowest BCUT2D eigenvalue weighted by Gasteiger charge is -2.31. The van der Waals surface area contributed by atoms with E-state index in [4.69, 9.17) is 5.73 Å². The zero-order valence-electron chi connectivity index (χ0n) is 12.6. The molecule has 0 saturated heterocycles. The largest absolute Gasteiger partial charge is 0.393 e. The average molecular weight is 319 g/mol. The fourth-order valence-electron chi connectivity index (χ4n) is 2.64. The summed E-state index contributed by atoms with van der Waals surface area (Å²) in [5, 5.41) is 15.4. The van der Waals surface area contributed by atoms with E-state index in [2.05, 4.69) is 20.3 Å². The second kappa shape index (κ2) is 6.58. The summed E-state index contributed by atoms with van der Waals surface area (Å²) >= 11 is 1.48. The van der Waals surface area contributed by atoms with Crippen LogP contribution in [0, 0.1) is 6.92 Å². The Morgan fingerprint density at radius 1 is 1.36 bits per heavy atom. The molecule has 0 radical (unpaired) electrons. The molecule has 0 atom stereocenters. The van der Waals surface area contributed by atoms with Crippen LogP contribution in [-0.2, 0) is 6.42 Å². The molecule has 0 spiro atoms. The zero-order valence-corrected chi connectivity index (χ0v) is 13.4. The fourth-order valence-corrected chi connectivity index (χ4v) is 3.24. The van der Waals surface area contributed by atoms with Gasteiger partial charge in [-0.25, -0.2) is 15.0 Å². The molecule has 2 heterocycles. The minimum atomic E-state index is -0.165. The molecule has 118 valence electrons. The van der Waals surface area contributed by atoms with E-state index >= 15 is 0 Å². The first kappa shape index (κ1) is 15.2. The number of anilines is 2. The Bertz CT molecular complexity index is 639. The number of hydrogen-bond acceptors (Lipinski definition) is 7. The molecule has 1 saturated carbocycles. The maximum atomic E-state index is 9.43. The van der Waals surface area contributed by atoms with Crippen molar-refractivity contribution in [3.63, 3.8) is 0 Å². The van der Waals surface area contributed by atoms with Gasteiger partial charge in [-0.2, -0.15) is 0 Å². The molecule has 2 aromatic heterocycles. The van der Waals surface area contributed by atoms with Crippen LogP contribution in [0.2, 0.25) is 0 Å². The van der Waals surface area contributed by atoms with E-state index < -0.39 is 0 Å². The number of nitrogens with two attached hydrogens (primary N) is 1. The number of aliphatic hydroxyl groups is 1. The summed E-state index contributed by atoms with van der Waals surface area (Å²) in [5.41, 5.74) is 7.70. The first-order valence-corrected chi connectivity index (χ1v) is 8.45. The smallest absolute Gasteiger partial charge is 0.180 e. The lowest BCUT2D eigenvalue weighted by atomic mass is 9.80. The molecular weight excluding hydrogens is 298 g/mol. The standard InChI is InChI=1S/C15H21N5OS/c1-9-18-13(10-5-12(21)6-10)7-14(19-9)17-4-2-3-11-8-22-15(16)20-11/h7-8,10,12,21H,2-6H2,1H3,(H2,16,20)(H,17,18,19). The molecule has 22 heavy (non-hydrogen) atoms. The second-order valence-corrected chi connectivity index (χ2v) is 6.64. The normalized spacial score (nSPS) is 20.6. The number of rotatable bonds is 6. The van der Waals surface area contributed by atoms with Gasteiger partial charge in [0, 0.05) is 29.6 Å². The Hall–Kier alpha value is -1.73. The number of nitrogens with zero attached hydrogens (tertiary/aromatic N) is 3. The number of aromatic nitrogens is 3. The number of aryl methyl sites for hydroxylation is 2. The van der Waals surface area contributed by atoms with Crippen molar-refractivity contribution in [3.05, 3.63) is 28.7 Å². The SMILES string of the molecule is Cc1nc(NCCCc2csc(N)n2)cc(C2CC(O)C2)n1. The minimum Gasteiger partial charge on any atom is -0.393 e. The van der Waals surface area contributed by atoms with Crippen LogP contribution in [0.4, 0.5) is 10.9 Å². The van der Waals surface area contributed by atoms with Gasteiger partial charge in [-0.15, -0.1) is 11.3 Å². The summed E-state index contributed by atoms with van der Waals surface area (Å²) in [5.74, 6) is 2.01. The summed E-state index contributed by atoms with van der Waals surface area (Å²) in [4.78, 5) is 13.2. The first-order chi connectivity index (χ1) is 10.6. The molecule has 6 nitrogen and oxygen atoms in total. The summed E-state index contributed by atoms with van der Waals surface area (Å²) in [6, 6.07) is 2.00. The van der Waals surface area contributed by atoms with Gasteiger partial charge in [0.25, 0.3) is 0 Å². The highest BCUT2D eigenvalue weighted by atomic mass is 32.1. The van der Waals surface area contributed by atoms with E-state index in [0.29, 0.717) is 11.0 Å². The van der Waals surface area contributed by atoms with E-state index in [1.807, 2.05) is 18.4 Å². The van der Waals surface area contributed by atoms with Crippen LogP contribution >= 0.6 is 11.3 Å². The van der Waals surface area contributed by atoms with Crippen molar-refractivity contribution >= 4 is 22.3 Å². The lowest BCUT2D eigenvalue weighted by molar-refractivity contribution is 0.0731. The lowest BCUT2D eigenvalue weighted by Crippen LogP contribution is -2.27. The molecular formula is C15H21N5OS. The minimum absolute atomic E-state index is 0.165. The number of nitrogen functional groups attached to an aromatic ring is 1. The van der Waals surface area contributed by atoms with Crippen molar-refractivity contribution in [2.45, 2.75) is 44.6 Å². The van der Waals surface area contributed by atoms with Gasteiger partial charge in [0.1, 0.15) is 11.6 Å². The highest BCUT2D eigenvalue weighted by Crippen LogP contribution is 2.36. The van der Waals surface area contributed by atoms with E-state index in [0.717, 1.165) is 55.3 Å². The summed E-state index contributed by atoms with van der Waals surface area (Å²) in [6.45, 7) is 2.74. The van der Waals surface area contributed by atoms with Gasteiger partial charge < -0.3 is 16.2 Å². The van der Waals surface area contributed by atoms with Crippen LogP contribution in [0.25, 0.3) is 0 Å². The third-order valence-corrected chi connectivity index (χ3v) is 4.60. The zero-order chi connectivity index (χ0) is 15.5. The van der Waals surface area contributed by atoms with Gasteiger partial charge in [0.15, 0.2) is 5.13 Å². The molecule has 0 unspecified atom stereocenters. The monoisotopic (exact) mass is 319 g/mol. The molecule has 2 aromatic rings. The van der Waals surface area contributed by atoms with Crippen LogP contribution in [0.3, 0.4) is 0 Å². The Labute approximate surface area is 133 Å². The maximum Gasteiger partial charge on any atom is 0.180 e. The van der Waals surface area contributed by atoms with Crippen molar-refractivity contribution in [3.8, 4) is 0 Å². The second-order valence-electron chi connectivity index (χ2n) is 5.75. The molecule has 0 bridgehead atoms. The van der Waals surface area contributed by atoms with Crippen LogP contribution in [0.1, 0.15) is 42.4 Å². The highest BCUT2D eigenvalue weighted by Gasteiger charge is 2.30. The first-order valence-electron chi connectivity index (χ1n) is 7.57. The van der Waals surface area contributed by atoms with Crippen molar-refractivity contribution < 1.29 is 5.11 Å². The van der Waals surface area contributed by atoms with Crippen molar-refractivity contribution in [2.24, 2.45) is 0 Å². The van der Waals surface area contributed by atoms with Gasteiger partial charge in [-0.1, -0.05) is 0 Å². The van der Waals surface area contributed by atoms with Gasteiger partial charge >= 0.3 is 0 Å². The molecule has 1 fully saturated rings. The Morgan fingerprint density at radius 3 is 2.86 bits per heavy atom. The molecule has 3 rings (SSSR count). The van der Waals surface area contributed by atoms with Crippen LogP contribution in [0.5, 0.6) is 0 Å². The predicted molar refractivity (Wildman–Crippen MR) is 88.1 cm³/mol. The van der Waals surface area contributed by atoms with Crippen LogP contribution in [0.15, 0.2) is 11.4 Å². The van der Waals surface area contributed by atoms with Crippen molar-refractivity contribution in [1.82, 2.24) is 15.0 Å². The van der Waals surface area contributed by atoms with E-state index in [-0.39, 0.29) is 6.10 Å². The highest BCUT2D eigenvalue weighted by molar-refractivity contribution is 7.13. The van der Waals surface area contributed by atoms with Crippen molar-refractivity contribution in [2.75, 3.05) is 17.6 Å². The molecule has 0 aromatic carbocycles. The molecule has 0 amide bonds. The molecule has 4 N–H and O–H groups in total. The van der Waals surface area contributed by atoms with Gasteiger partial charge in [0.2, 0.25) is 0 Å². The number of hydrogen-bond donors (Lipinski definition) is 3. The number of nitrogens with one attached hydrogen (secondary N) is 1. The third kappa shape index (κ3) is 3.72. The maximum absolute atomic E-state index is 9.43. The predicted octanol–water partition coefficient (Wildman–Crippen LogP) is 2.11. The van der Waals surface area contributed by atoms with Crippen molar-refractivity contribution in [1.29, 1.82) is 0 Å². The summed E-state index contributed by atoms with van der Waals surface area (Å²) in [6.07, 6.45) is 3.33. The quantitative estimate of drug-likeness (QED) is 0.706. The molecule has 0 aliphatic heterocycles. The topological polar surface area (TPSA) is 97.0 Å². The van der Waals surface area contributed by atoms with Crippen LogP contribution < -0.4 is 11.1 Å².